The lowest BCUT2D eigenvalue weighted by Crippen LogP contribution is -2.46. The molecule has 0 saturated carbocycles. The molecule has 1 aromatic carbocycles. The van der Waals surface area contributed by atoms with Crippen LogP contribution in [0.3, 0.4) is 0 Å². The van der Waals surface area contributed by atoms with Gasteiger partial charge in [0.15, 0.2) is 0 Å². The number of hydrogen-bond donors (Lipinski definition) is 2. The molecule has 1 fully saturated rings. The van der Waals surface area contributed by atoms with Crippen LogP contribution in [0.5, 0.6) is 5.75 Å². The molecule has 0 atom stereocenters. The molecule has 0 aromatic heterocycles. The van der Waals surface area contributed by atoms with Crippen molar-refractivity contribution in [3.8, 4) is 5.75 Å². The third kappa shape index (κ3) is 7.23. The number of halogens is 1. The number of amides is 3. The summed E-state index contributed by atoms with van der Waals surface area (Å²) < 4.78 is 10.8. The topological polar surface area (TPSA) is 97.0 Å². The van der Waals surface area contributed by atoms with E-state index in [2.05, 4.69) is 26.6 Å². The molecular weight excluding hydrogens is 442 g/mol. The predicted octanol–water partition coefficient (Wildman–Crippen LogP) is 2.70. The van der Waals surface area contributed by atoms with Gasteiger partial charge < -0.3 is 25.0 Å². The van der Waals surface area contributed by atoms with Crippen molar-refractivity contribution in [3.05, 3.63) is 28.2 Å². The summed E-state index contributed by atoms with van der Waals surface area (Å²) in [6.45, 7) is 3.72. The molecule has 9 heteroatoms. The molecule has 1 heterocycles. The van der Waals surface area contributed by atoms with E-state index < -0.39 is 0 Å². The average molecular weight is 470 g/mol. The van der Waals surface area contributed by atoms with Crippen LogP contribution >= 0.6 is 15.9 Å². The average Bonchev–Trinajstić information content (AvgIpc) is 2.71. The van der Waals surface area contributed by atoms with Crippen LogP contribution in [0.4, 0.5) is 4.79 Å². The van der Waals surface area contributed by atoms with Crippen LogP contribution in [-0.2, 0) is 9.53 Å². The second kappa shape index (κ2) is 11.6. The van der Waals surface area contributed by atoms with Gasteiger partial charge in [-0.05, 0) is 60.3 Å². The standard InChI is InChI=1S/C20H28BrN3O5/c1-3-29-20(27)24-11-8-15(9-12-24)23-18(25)5-4-10-22-19(26)14-6-7-17(28-2)16(21)13-14/h6-7,13,15H,3-5,8-12H2,1-2H3,(H,22,26)(H,23,25). The van der Waals surface area contributed by atoms with E-state index in [1.165, 1.54) is 0 Å². The van der Waals surface area contributed by atoms with Gasteiger partial charge in [-0.1, -0.05) is 0 Å². The van der Waals surface area contributed by atoms with Gasteiger partial charge in [-0.3, -0.25) is 9.59 Å². The minimum absolute atomic E-state index is 0.0407. The molecule has 0 unspecified atom stereocenters. The SMILES string of the molecule is CCOC(=O)N1CCC(NC(=O)CCCNC(=O)c2ccc(OC)c(Br)c2)CC1. The fraction of sp³-hybridized carbons (Fsp3) is 0.550. The molecule has 2 N–H and O–H groups in total. The third-order valence-electron chi connectivity index (χ3n) is 4.67. The number of nitrogens with zero attached hydrogens (tertiary/aromatic N) is 1. The van der Waals surface area contributed by atoms with Crippen molar-refractivity contribution >= 4 is 33.8 Å². The number of ether oxygens (including phenoxy) is 2. The molecule has 0 radical (unpaired) electrons. The van der Waals surface area contributed by atoms with E-state index in [9.17, 15) is 14.4 Å². The number of piperidine rings is 1. The number of benzene rings is 1. The molecule has 1 aromatic rings. The van der Waals surface area contributed by atoms with Crippen molar-refractivity contribution in [2.45, 2.75) is 38.6 Å². The first-order chi connectivity index (χ1) is 13.9. The maximum atomic E-state index is 12.2. The first-order valence-corrected chi connectivity index (χ1v) is 10.6. The highest BCUT2D eigenvalue weighted by atomic mass is 79.9. The zero-order valence-corrected chi connectivity index (χ0v) is 18.4. The Morgan fingerprint density at radius 2 is 1.97 bits per heavy atom. The number of hydrogen-bond acceptors (Lipinski definition) is 5. The van der Waals surface area contributed by atoms with Gasteiger partial charge in [0.2, 0.25) is 5.91 Å². The Bertz CT molecular complexity index is 720. The van der Waals surface area contributed by atoms with Crippen LogP contribution in [0.25, 0.3) is 0 Å². The molecule has 2 rings (SSSR count). The van der Waals surface area contributed by atoms with Crippen molar-refractivity contribution in [1.82, 2.24) is 15.5 Å². The van der Waals surface area contributed by atoms with Crippen molar-refractivity contribution in [2.24, 2.45) is 0 Å². The van der Waals surface area contributed by atoms with E-state index in [-0.39, 0.29) is 23.9 Å². The van der Waals surface area contributed by atoms with Crippen molar-refractivity contribution < 1.29 is 23.9 Å². The summed E-state index contributed by atoms with van der Waals surface area (Å²) in [5.74, 6) is 0.424. The molecule has 1 aliphatic rings. The highest BCUT2D eigenvalue weighted by Crippen LogP contribution is 2.25. The van der Waals surface area contributed by atoms with Gasteiger partial charge in [0.1, 0.15) is 5.75 Å². The van der Waals surface area contributed by atoms with Crippen molar-refractivity contribution in [3.63, 3.8) is 0 Å². The largest absolute Gasteiger partial charge is 0.496 e. The van der Waals surface area contributed by atoms with Gasteiger partial charge in [0.25, 0.3) is 5.91 Å². The maximum absolute atomic E-state index is 12.2. The normalized spacial score (nSPS) is 14.2. The molecule has 1 saturated heterocycles. The summed E-state index contributed by atoms with van der Waals surface area (Å²) in [7, 11) is 1.56. The lowest BCUT2D eigenvalue weighted by Gasteiger charge is -2.31. The van der Waals surface area contributed by atoms with Gasteiger partial charge in [0.05, 0.1) is 18.2 Å². The lowest BCUT2D eigenvalue weighted by atomic mass is 10.1. The van der Waals surface area contributed by atoms with Crippen LogP contribution in [0.1, 0.15) is 43.0 Å². The Labute approximate surface area is 179 Å². The number of carbonyl (C=O) groups is 3. The summed E-state index contributed by atoms with van der Waals surface area (Å²) in [5.41, 5.74) is 0.524. The van der Waals surface area contributed by atoms with Crippen LogP contribution in [0, 0.1) is 0 Å². The second-order valence-electron chi connectivity index (χ2n) is 6.74. The molecular formula is C20H28BrN3O5. The monoisotopic (exact) mass is 469 g/mol. The van der Waals surface area contributed by atoms with Crippen molar-refractivity contribution in [1.29, 1.82) is 0 Å². The van der Waals surface area contributed by atoms with Gasteiger partial charge in [-0.2, -0.15) is 0 Å². The predicted molar refractivity (Wildman–Crippen MR) is 112 cm³/mol. The fourth-order valence-corrected chi connectivity index (χ4v) is 3.62. The Kier molecular flexibility index (Phi) is 9.24. The van der Waals surface area contributed by atoms with Gasteiger partial charge in [0, 0.05) is 37.7 Å². The second-order valence-corrected chi connectivity index (χ2v) is 7.59. The quantitative estimate of drug-likeness (QED) is 0.570. The smallest absolute Gasteiger partial charge is 0.409 e. The minimum Gasteiger partial charge on any atom is -0.496 e. The highest BCUT2D eigenvalue weighted by Gasteiger charge is 2.24. The van der Waals surface area contributed by atoms with Crippen LogP contribution in [0.2, 0.25) is 0 Å². The first-order valence-electron chi connectivity index (χ1n) is 9.77. The molecule has 0 aliphatic carbocycles. The Balaban J connectivity index is 1.63. The van der Waals surface area contributed by atoms with Gasteiger partial charge in [-0.25, -0.2) is 4.79 Å². The van der Waals surface area contributed by atoms with Crippen molar-refractivity contribution in [2.75, 3.05) is 33.4 Å². The first kappa shape index (κ1) is 23.0. The number of nitrogens with one attached hydrogen (secondary N) is 2. The van der Waals surface area contributed by atoms with Crippen LogP contribution in [0.15, 0.2) is 22.7 Å². The summed E-state index contributed by atoms with van der Waals surface area (Å²) in [6.07, 6.45) is 2.03. The molecule has 8 nitrogen and oxygen atoms in total. The Morgan fingerprint density at radius 3 is 2.59 bits per heavy atom. The van der Waals surface area contributed by atoms with E-state index in [0.717, 1.165) is 0 Å². The van der Waals surface area contributed by atoms with Crippen LogP contribution < -0.4 is 15.4 Å². The van der Waals surface area contributed by atoms with Gasteiger partial charge >= 0.3 is 6.09 Å². The number of likely N-dealkylation sites (tertiary alicyclic amines) is 1. The van der Waals surface area contributed by atoms with Gasteiger partial charge in [-0.15, -0.1) is 0 Å². The highest BCUT2D eigenvalue weighted by molar-refractivity contribution is 9.10. The lowest BCUT2D eigenvalue weighted by molar-refractivity contribution is -0.122. The molecule has 1 aliphatic heterocycles. The Hall–Kier alpha value is -2.29. The molecule has 160 valence electrons. The summed E-state index contributed by atoms with van der Waals surface area (Å²) in [6, 6.07) is 5.18. The van der Waals surface area contributed by atoms with E-state index in [0.29, 0.717) is 67.7 Å². The molecule has 29 heavy (non-hydrogen) atoms. The number of rotatable bonds is 8. The van der Waals surface area contributed by atoms with E-state index >= 15 is 0 Å². The Morgan fingerprint density at radius 1 is 1.24 bits per heavy atom. The van der Waals surface area contributed by atoms with Crippen LogP contribution in [-0.4, -0.2) is 62.2 Å². The zero-order valence-electron chi connectivity index (χ0n) is 16.8. The molecule has 3 amide bonds. The maximum Gasteiger partial charge on any atom is 0.409 e. The number of carbonyl (C=O) groups excluding carboxylic acids is 3. The minimum atomic E-state index is -0.295. The third-order valence-corrected chi connectivity index (χ3v) is 5.29. The van der Waals surface area contributed by atoms with E-state index in [1.54, 1.807) is 37.1 Å². The molecule has 0 bridgehead atoms. The zero-order chi connectivity index (χ0) is 21.2. The summed E-state index contributed by atoms with van der Waals surface area (Å²) in [4.78, 5) is 37.6. The molecule has 0 spiro atoms. The number of methoxy groups -OCH3 is 1. The van der Waals surface area contributed by atoms with E-state index in [1.807, 2.05) is 0 Å². The fourth-order valence-electron chi connectivity index (χ4n) is 3.08. The van der Waals surface area contributed by atoms with E-state index in [4.69, 9.17) is 9.47 Å². The summed E-state index contributed by atoms with van der Waals surface area (Å²) >= 11 is 3.36. The summed E-state index contributed by atoms with van der Waals surface area (Å²) in [5, 5.41) is 5.81.